The van der Waals surface area contributed by atoms with E-state index in [0.717, 1.165) is 5.56 Å². The number of nitrogens with one attached hydrogen (secondary N) is 1. The van der Waals surface area contributed by atoms with Gasteiger partial charge in [-0.25, -0.2) is 0 Å². The van der Waals surface area contributed by atoms with Crippen LogP contribution >= 0.6 is 0 Å². The molecule has 2 rings (SSSR count). The van der Waals surface area contributed by atoms with Gasteiger partial charge in [0.2, 0.25) is 5.91 Å². The molecule has 23 heavy (non-hydrogen) atoms. The predicted octanol–water partition coefficient (Wildman–Crippen LogP) is 3.29. The van der Waals surface area contributed by atoms with Gasteiger partial charge in [-0.1, -0.05) is 18.2 Å². The average molecular weight is 317 g/mol. The third-order valence-electron chi connectivity index (χ3n) is 5.27. The fraction of sp³-hybridized carbons (Fsp3) is 0.611. The Morgan fingerprint density at radius 3 is 2.04 bits per heavy atom. The smallest absolute Gasteiger partial charge is 0.401 e. The van der Waals surface area contributed by atoms with Gasteiger partial charge in [-0.05, 0) is 65.2 Å². The van der Waals surface area contributed by atoms with Crippen molar-refractivity contribution in [2.24, 2.45) is 0 Å². The van der Waals surface area contributed by atoms with E-state index in [1.807, 2.05) is 40.7 Å². The SMILES string of the molecule is CC(=O)NC(C)(B1OC(C)(C)C(C)(C)O1)c1ccc(C)c(C)c1. The summed E-state index contributed by atoms with van der Waals surface area (Å²) in [5.41, 5.74) is 1.72. The van der Waals surface area contributed by atoms with Gasteiger partial charge in [-0.15, -0.1) is 0 Å². The van der Waals surface area contributed by atoms with Crippen LogP contribution in [0.5, 0.6) is 0 Å². The van der Waals surface area contributed by atoms with Gasteiger partial charge in [0.15, 0.2) is 0 Å². The first-order valence-corrected chi connectivity index (χ1v) is 8.11. The summed E-state index contributed by atoms with van der Waals surface area (Å²) in [6.07, 6.45) is 0. The molecule has 1 aromatic carbocycles. The normalized spacial score (nSPS) is 21.8. The molecule has 4 nitrogen and oxygen atoms in total. The summed E-state index contributed by atoms with van der Waals surface area (Å²) in [5.74, 6) is -0.111. The van der Waals surface area contributed by atoms with Gasteiger partial charge in [-0.2, -0.15) is 0 Å². The molecule has 0 saturated carbocycles. The predicted molar refractivity (Wildman–Crippen MR) is 93.2 cm³/mol. The van der Waals surface area contributed by atoms with E-state index in [2.05, 4.69) is 31.3 Å². The lowest BCUT2D eigenvalue weighted by Gasteiger charge is -2.33. The Morgan fingerprint density at radius 1 is 1.09 bits per heavy atom. The monoisotopic (exact) mass is 317 g/mol. The van der Waals surface area contributed by atoms with Crippen LogP contribution in [-0.2, 0) is 19.5 Å². The average Bonchev–Trinajstić information content (AvgIpc) is 2.61. The van der Waals surface area contributed by atoms with Crippen LogP contribution in [0.25, 0.3) is 0 Å². The van der Waals surface area contributed by atoms with Gasteiger partial charge in [0, 0.05) is 6.92 Å². The van der Waals surface area contributed by atoms with Crippen LogP contribution in [-0.4, -0.2) is 24.2 Å². The molecule has 1 N–H and O–H groups in total. The zero-order chi connectivity index (χ0) is 17.6. The fourth-order valence-corrected chi connectivity index (χ4v) is 2.78. The molecule has 0 aliphatic carbocycles. The first-order valence-electron chi connectivity index (χ1n) is 8.11. The second-order valence-corrected chi connectivity index (χ2v) is 7.77. The van der Waals surface area contributed by atoms with Crippen LogP contribution in [0.3, 0.4) is 0 Å². The van der Waals surface area contributed by atoms with Crippen molar-refractivity contribution in [3.05, 3.63) is 34.9 Å². The standard InChI is InChI=1S/C18H28BNO3/c1-12-9-10-15(11-13(12)2)18(8,20-14(3)21)19-22-16(4,5)17(6,7)23-19/h9-11H,1-8H3,(H,20,21). The third-order valence-corrected chi connectivity index (χ3v) is 5.27. The lowest BCUT2D eigenvalue weighted by molar-refractivity contribution is -0.120. The zero-order valence-electron chi connectivity index (χ0n) is 15.5. The summed E-state index contributed by atoms with van der Waals surface area (Å²) >= 11 is 0. The Labute approximate surface area is 140 Å². The lowest BCUT2D eigenvalue weighted by atomic mass is 9.61. The first kappa shape index (κ1) is 18.0. The molecule has 1 heterocycles. The number of aryl methyl sites for hydroxylation is 2. The van der Waals surface area contributed by atoms with Crippen LogP contribution in [0.15, 0.2) is 18.2 Å². The second-order valence-electron chi connectivity index (χ2n) is 7.77. The number of carbonyl (C=O) groups excluding carboxylic acids is 1. The van der Waals surface area contributed by atoms with Crippen molar-refractivity contribution >= 4 is 13.0 Å². The highest BCUT2D eigenvalue weighted by Crippen LogP contribution is 2.42. The molecular weight excluding hydrogens is 289 g/mol. The maximum absolute atomic E-state index is 11.8. The fourth-order valence-electron chi connectivity index (χ4n) is 2.78. The molecule has 0 spiro atoms. The number of benzene rings is 1. The molecule has 0 radical (unpaired) electrons. The van der Waals surface area contributed by atoms with Crippen molar-refractivity contribution in [3.63, 3.8) is 0 Å². The molecule has 1 atom stereocenters. The minimum atomic E-state index is -0.755. The molecule has 126 valence electrons. The number of rotatable bonds is 3. The van der Waals surface area contributed by atoms with E-state index in [1.165, 1.54) is 18.1 Å². The summed E-state index contributed by atoms with van der Waals surface area (Å²) in [7, 11) is -0.557. The van der Waals surface area contributed by atoms with Crippen molar-refractivity contribution in [1.29, 1.82) is 0 Å². The molecule has 1 amide bonds. The van der Waals surface area contributed by atoms with E-state index in [-0.39, 0.29) is 5.91 Å². The van der Waals surface area contributed by atoms with Crippen LogP contribution < -0.4 is 5.32 Å². The van der Waals surface area contributed by atoms with Gasteiger partial charge in [-0.3, -0.25) is 4.79 Å². The summed E-state index contributed by atoms with van der Waals surface area (Å²) in [4.78, 5) is 11.8. The molecule has 1 saturated heterocycles. The van der Waals surface area contributed by atoms with E-state index in [4.69, 9.17) is 9.31 Å². The molecule has 1 aliphatic heterocycles. The molecular formula is C18H28BNO3. The number of carbonyl (C=O) groups is 1. The van der Waals surface area contributed by atoms with E-state index >= 15 is 0 Å². The maximum Gasteiger partial charge on any atom is 0.489 e. The Hall–Kier alpha value is -1.33. The molecule has 1 aromatic rings. The topological polar surface area (TPSA) is 47.6 Å². The first-order chi connectivity index (χ1) is 10.4. The third kappa shape index (κ3) is 3.17. The number of hydrogen-bond acceptors (Lipinski definition) is 3. The highest BCUT2D eigenvalue weighted by Gasteiger charge is 2.59. The molecule has 1 fully saturated rings. The summed E-state index contributed by atoms with van der Waals surface area (Å²) < 4.78 is 12.4. The van der Waals surface area contributed by atoms with E-state index < -0.39 is 23.8 Å². The van der Waals surface area contributed by atoms with Gasteiger partial charge in [0.25, 0.3) is 0 Å². The van der Waals surface area contributed by atoms with Crippen molar-refractivity contribution in [2.45, 2.75) is 72.0 Å². The number of amides is 1. The van der Waals surface area contributed by atoms with Gasteiger partial charge >= 0.3 is 7.12 Å². The second kappa shape index (κ2) is 5.64. The molecule has 1 aliphatic rings. The minimum absolute atomic E-state index is 0.111. The highest BCUT2D eigenvalue weighted by atomic mass is 16.7. The van der Waals surface area contributed by atoms with Gasteiger partial charge < -0.3 is 14.6 Å². The number of hydrogen-bond donors (Lipinski definition) is 1. The molecule has 0 bridgehead atoms. The highest BCUT2D eigenvalue weighted by molar-refractivity contribution is 6.50. The Balaban J connectivity index is 2.48. The summed E-state index contributed by atoms with van der Waals surface area (Å²) in [5, 5.41) is 3.05. The quantitative estimate of drug-likeness (QED) is 0.870. The molecule has 1 unspecified atom stereocenters. The summed E-state index contributed by atoms with van der Waals surface area (Å²) in [6, 6.07) is 6.19. The van der Waals surface area contributed by atoms with Gasteiger partial charge in [0.05, 0.1) is 16.6 Å². The summed E-state index contributed by atoms with van der Waals surface area (Å²) in [6.45, 7) is 15.7. The largest absolute Gasteiger partial charge is 0.489 e. The zero-order valence-corrected chi connectivity index (χ0v) is 15.5. The molecule has 5 heteroatoms. The van der Waals surface area contributed by atoms with Crippen molar-refractivity contribution in [2.75, 3.05) is 0 Å². The lowest BCUT2D eigenvalue weighted by Crippen LogP contribution is -2.55. The van der Waals surface area contributed by atoms with Crippen LogP contribution in [0.2, 0.25) is 0 Å². The van der Waals surface area contributed by atoms with Gasteiger partial charge in [0.1, 0.15) is 0 Å². The van der Waals surface area contributed by atoms with Crippen LogP contribution in [0.1, 0.15) is 58.2 Å². The van der Waals surface area contributed by atoms with Crippen molar-refractivity contribution in [3.8, 4) is 0 Å². The maximum atomic E-state index is 11.8. The van der Waals surface area contributed by atoms with E-state index in [0.29, 0.717) is 0 Å². The molecule has 0 aromatic heterocycles. The Kier molecular flexibility index (Phi) is 4.42. The van der Waals surface area contributed by atoms with Crippen LogP contribution in [0, 0.1) is 13.8 Å². The van der Waals surface area contributed by atoms with Crippen LogP contribution in [0.4, 0.5) is 0 Å². The Morgan fingerprint density at radius 2 is 1.61 bits per heavy atom. The van der Waals surface area contributed by atoms with E-state index in [1.54, 1.807) is 0 Å². The minimum Gasteiger partial charge on any atom is -0.401 e. The van der Waals surface area contributed by atoms with E-state index in [9.17, 15) is 4.79 Å². The van der Waals surface area contributed by atoms with Crippen molar-refractivity contribution < 1.29 is 14.1 Å². The van der Waals surface area contributed by atoms with Crippen molar-refractivity contribution in [1.82, 2.24) is 5.32 Å². The Bertz CT molecular complexity index is 611.